The highest BCUT2D eigenvalue weighted by Gasteiger charge is 2.52. The Balaban J connectivity index is 1.91. The van der Waals surface area contributed by atoms with Crippen LogP contribution in [0.2, 0.25) is 0 Å². The van der Waals surface area contributed by atoms with Gasteiger partial charge in [-0.25, -0.2) is 0 Å². The Labute approximate surface area is 130 Å². The predicted molar refractivity (Wildman–Crippen MR) is 83.8 cm³/mol. The quantitative estimate of drug-likeness (QED) is 0.776. The van der Waals surface area contributed by atoms with E-state index < -0.39 is 0 Å². The lowest BCUT2D eigenvalue weighted by Gasteiger charge is -2.31. The van der Waals surface area contributed by atoms with E-state index in [-0.39, 0.29) is 34.7 Å². The van der Waals surface area contributed by atoms with E-state index in [1.807, 2.05) is 0 Å². The number of rotatable bonds is 6. The molecule has 2 amide bonds. The molecule has 0 bridgehead atoms. The number of carbonyl (C=O) groups is 2. The standard InChI is InChI=1S/C15H26N2O3S/c1-14(2,6-4-8-18)10-16-13(20)11-9-21-15(3)7-5-12(19)17(11)15/h11,18H,4-10H2,1-3H3,(H,16,20). The number of nitrogens with one attached hydrogen (secondary N) is 1. The lowest BCUT2D eigenvalue weighted by Crippen LogP contribution is -2.51. The first kappa shape index (κ1) is 16.6. The summed E-state index contributed by atoms with van der Waals surface area (Å²) in [7, 11) is 0. The molecule has 2 N–H and O–H groups in total. The second-order valence-corrected chi connectivity index (χ2v) is 8.48. The van der Waals surface area contributed by atoms with Crippen LogP contribution in [0.5, 0.6) is 0 Å². The third-order valence-electron chi connectivity index (χ3n) is 4.50. The van der Waals surface area contributed by atoms with Gasteiger partial charge in [-0.05, 0) is 31.6 Å². The van der Waals surface area contributed by atoms with Crippen LogP contribution in [0.25, 0.3) is 0 Å². The van der Waals surface area contributed by atoms with Crippen molar-refractivity contribution in [2.24, 2.45) is 5.41 Å². The van der Waals surface area contributed by atoms with E-state index in [4.69, 9.17) is 5.11 Å². The van der Waals surface area contributed by atoms with Crippen LogP contribution in [0, 0.1) is 5.41 Å². The van der Waals surface area contributed by atoms with Gasteiger partial charge in [0.1, 0.15) is 6.04 Å². The monoisotopic (exact) mass is 314 g/mol. The molecular formula is C15H26N2O3S. The SMILES string of the molecule is CC(C)(CCCO)CNC(=O)C1CSC2(C)CCC(=O)N12. The van der Waals surface area contributed by atoms with Gasteiger partial charge in [0.05, 0.1) is 4.87 Å². The molecule has 2 aliphatic heterocycles. The number of hydrogen-bond donors (Lipinski definition) is 2. The van der Waals surface area contributed by atoms with Gasteiger partial charge in [0.25, 0.3) is 0 Å². The first-order valence-corrected chi connectivity index (χ1v) is 8.62. The number of thioether (sulfide) groups is 1. The highest BCUT2D eigenvalue weighted by Crippen LogP contribution is 2.47. The first-order valence-electron chi connectivity index (χ1n) is 7.64. The van der Waals surface area contributed by atoms with Gasteiger partial charge in [-0.15, -0.1) is 11.8 Å². The number of hydrogen-bond acceptors (Lipinski definition) is 4. The molecular weight excluding hydrogens is 288 g/mol. The van der Waals surface area contributed by atoms with Crippen LogP contribution in [0.1, 0.15) is 46.5 Å². The van der Waals surface area contributed by atoms with E-state index >= 15 is 0 Å². The van der Waals surface area contributed by atoms with Gasteiger partial charge < -0.3 is 15.3 Å². The molecule has 2 fully saturated rings. The van der Waals surface area contributed by atoms with Gasteiger partial charge in [-0.3, -0.25) is 9.59 Å². The third-order valence-corrected chi connectivity index (χ3v) is 6.01. The summed E-state index contributed by atoms with van der Waals surface area (Å²) in [4.78, 5) is 26.0. The van der Waals surface area contributed by atoms with Crippen molar-refractivity contribution in [3.05, 3.63) is 0 Å². The van der Waals surface area contributed by atoms with Crippen molar-refractivity contribution in [1.29, 1.82) is 0 Å². The Hall–Kier alpha value is -0.750. The lowest BCUT2D eigenvalue weighted by molar-refractivity contribution is -0.138. The molecule has 0 radical (unpaired) electrons. The molecule has 2 saturated heterocycles. The Morgan fingerprint density at radius 3 is 2.95 bits per heavy atom. The highest BCUT2D eigenvalue weighted by molar-refractivity contribution is 8.01. The highest BCUT2D eigenvalue weighted by atomic mass is 32.2. The molecule has 0 aliphatic carbocycles. The molecule has 0 spiro atoms. The number of aliphatic hydroxyl groups is 1. The summed E-state index contributed by atoms with van der Waals surface area (Å²) < 4.78 is 0. The van der Waals surface area contributed by atoms with Crippen molar-refractivity contribution in [2.45, 2.75) is 57.4 Å². The van der Waals surface area contributed by atoms with Gasteiger partial charge in [0.2, 0.25) is 11.8 Å². The zero-order valence-corrected chi connectivity index (χ0v) is 14.0. The zero-order valence-electron chi connectivity index (χ0n) is 13.1. The second-order valence-electron chi connectivity index (χ2n) is 6.97. The third kappa shape index (κ3) is 3.54. The largest absolute Gasteiger partial charge is 0.396 e. The number of fused-ring (bicyclic) bond motifs is 1. The summed E-state index contributed by atoms with van der Waals surface area (Å²) in [6, 6.07) is -0.330. The minimum atomic E-state index is -0.330. The van der Waals surface area contributed by atoms with E-state index in [9.17, 15) is 9.59 Å². The molecule has 21 heavy (non-hydrogen) atoms. The average molecular weight is 314 g/mol. The van der Waals surface area contributed by atoms with Gasteiger partial charge in [-0.2, -0.15) is 0 Å². The van der Waals surface area contributed by atoms with Gasteiger partial charge in [0, 0.05) is 25.3 Å². The van der Waals surface area contributed by atoms with Crippen molar-refractivity contribution < 1.29 is 14.7 Å². The maximum atomic E-state index is 12.4. The molecule has 0 aromatic carbocycles. The van der Waals surface area contributed by atoms with Crippen LogP contribution in [-0.4, -0.2) is 51.6 Å². The van der Waals surface area contributed by atoms with E-state index in [0.29, 0.717) is 18.7 Å². The molecule has 5 nitrogen and oxygen atoms in total. The molecule has 0 aromatic heterocycles. The van der Waals surface area contributed by atoms with Crippen LogP contribution >= 0.6 is 11.8 Å². The number of aliphatic hydroxyl groups excluding tert-OH is 1. The second kappa shape index (κ2) is 6.16. The van der Waals surface area contributed by atoms with E-state index in [1.54, 1.807) is 16.7 Å². The van der Waals surface area contributed by atoms with Gasteiger partial charge >= 0.3 is 0 Å². The van der Waals surface area contributed by atoms with Crippen molar-refractivity contribution in [1.82, 2.24) is 10.2 Å². The smallest absolute Gasteiger partial charge is 0.243 e. The van der Waals surface area contributed by atoms with Crippen molar-refractivity contribution in [3.8, 4) is 0 Å². The predicted octanol–water partition coefficient (Wildman–Crippen LogP) is 1.36. The normalized spacial score (nSPS) is 28.9. The summed E-state index contributed by atoms with van der Waals surface area (Å²) in [5, 5.41) is 11.9. The number of amides is 2. The summed E-state index contributed by atoms with van der Waals surface area (Å²) in [5.74, 6) is 0.742. The van der Waals surface area contributed by atoms with E-state index in [1.165, 1.54) is 0 Å². The van der Waals surface area contributed by atoms with Crippen LogP contribution in [0.3, 0.4) is 0 Å². The molecule has 2 aliphatic rings. The molecule has 2 atom stereocenters. The summed E-state index contributed by atoms with van der Waals surface area (Å²) in [6.07, 6.45) is 2.99. The number of nitrogens with zero attached hydrogens (tertiary/aromatic N) is 1. The minimum absolute atomic E-state index is 0.0392. The molecule has 6 heteroatoms. The number of carbonyl (C=O) groups excluding carboxylic acids is 2. The Morgan fingerprint density at radius 2 is 2.29 bits per heavy atom. The van der Waals surface area contributed by atoms with Crippen molar-refractivity contribution in [3.63, 3.8) is 0 Å². The summed E-state index contributed by atoms with van der Waals surface area (Å²) in [5.41, 5.74) is -0.0392. The van der Waals surface area contributed by atoms with Crippen LogP contribution < -0.4 is 5.32 Å². The van der Waals surface area contributed by atoms with E-state index in [0.717, 1.165) is 19.3 Å². The zero-order chi connectivity index (χ0) is 15.7. The van der Waals surface area contributed by atoms with Crippen molar-refractivity contribution >= 4 is 23.6 Å². The maximum absolute atomic E-state index is 12.4. The molecule has 0 aromatic rings. The maximum Gasteiger partial charge on any atom is 0.243 e. The Morgan fingerprint density at radius 1 is 1.57 bits per heavy atom. The molecule has 2 unspecified atom stereocenters. The Bertz CT molecular complexity index is 427. The van der Waals surface area contributed by atoms with Gasteiger partial charge in [-0.1, -0.05) is 13.8 Å². The first-order chi connectivity index (χ1) is 9.79. The van der Waals surface area contributed by atoms with Gasteiger partial charge in [0.15, 0.2) is 0 Å². The summed E-state index contributed by atoms with van der Waals surface area (Å²) >= 11 is 1.71. The van der Waals surface area contributed by atoms with Crippen molar-refractivity contribution in [2.75, 3.05) is 18.9 Å². The molecule has 2 rings (SSSR count). The Kier molecular flexibility index (Phi) is 4.88. The molecule has 0 saturated carbocycles. The minimum Gasteiger partial charge on any atom is -0.396 e. The van der Waals surface area contributed by atoms with E-state index in [2.05, 4.69) is 26.1 Å². The van der Waals surface area contributed by atoms with Crippen LogP contribution in [-0.2, 0) is 9.59 Å². The fraction of sp³-hybridized carbons (Fsp3) is 0.867. The van der Waals surface area contributed by atoms with Crippen LogP contribution in [0.4, 0.5) is 0 Å². The molecule has 2 heterocycles. The average Bonchev–Trinajstić information content (AvgIpc) is 2.91. The molecule has 120 valence electrons. The van der Waals surface area contributed by atoms with Crippen LogP contribution in [0.15, 0.2) is 0 Å². The fourth-order valence-corrected chi connectivity index (χ4v) is 4.54. The summed E-state index contributed by atoms with van der Waals surface area (Å²) in [6.45, 7) is 6.97. The topological polar surface area (TPSA) is 69.6 Å². The fourth-order valence-electron chi connectivity index (χ4n) is 3.10. The lowest BCUT2D eigenvalue weighted by atomic mass is 9.88.